The molecular formula is C15H22N2O4S. The van der Waals surface area contributed by atoms with E-state index < -0.39 is 16.0 Å². The van der Waals surface area contributed by atoms with Crippen molar-refractivity contribution < 1.29 is 18.3 Å². The molecule has 0 spiro atoms. The number of carboxylic acids is 1. The summed E-state index contributed by atoms with van der Waals surface area (Å²) in [5.74, 6) is -1.11. The van der Waals surface area contributed by atoms with E-state index in [0.29, 0.717) is 5.69 Å². The van der Waals surface area contributed by atoms with Crippen LogP contribution in [0.2, 0.25) is 0 Å². The number of nitrogens with zero attached hydrogens (tertiary/aromatic N) is 1. The summed E-state index contributed by atoms with van der Waals surface area (Å²) in [4.78, 5) is 13.5. The van der Waals surface area contributed by atoms with Gasteiger partial charge in [-0.15, -0.1) is 0 Å². The molecule has 0 atom stereocenters. The van der Waals surface area contributed by atoms with Gasteiger partial charge in [0.1, 0.15) is 0 Å². The molecule has 0 aromatic heterocycles. The van der Waals surface area contributed by atoms with Crippen LogP contribution in [0.25, 0.3) is 0 Å². The Morgan fingerprint density at radius 3 is 2.41 bits per heavy atom. The zero-order valence-electron chi connectivity index (χ0n) is 12.9. The Kier molecular flexibility index (Phi) is 5.08. The molecule has 1 saturated heterocycles. The molecule has 0 radical (unpaired) electrons. The molecule has 7 heteroatoms. The number of sulfonamides is 1. The van der Waals surface area contributed by atoms with Crippen molar-refractivity contribution in [2.45, 2.75) is 44.0 Å². The highest BCUT2D eigenvalue weighted by molar-refractivity contribution is 7.89. The summed E-state index contributed by atoms with van der Waals surface area (Å²) in [7, 11) is -3.69. The van der Waals surface area contributed by atoms with E-state index in [0.717, 1.165) is 32.4 Å². The van der Waals surface area contributed by atoms with Gasteiger partial charge in [0.15, 0.2) is 0 Å². The number of aromatic carboxylic acids is 1. The molecular weight excluding hydrogens is 304 g/mol. The first kappa shape index (κ1) is 16.8. The Bertz CT molecular complexity index is 650. The summed E-state index contributed by atoms with van der Waals surface area (Å²) in [6, 6.07) is 4.07. The van der Waals surface area contributed by atoms with Crippen molar-refractivity contribution in [2.75, 3.05) is 18.0 Å². The molecule has 1 heterocycles. The Morgan fingerprint density at radius 2 is 1.86 bits per heavy atom. The summed E-state index contributed by atoms with van der Waals surface area (Å²) < 4.78 is 26.8. The van der Waals surface area contributed by atoms with E-state index in [1.54, 1.807) is 19.9 Å². The van der Waals surface area contributed by atoms with Crippen molar-refractivity contribution in [3.05, 3.63) is 23.8 Å². The van der Waals surface area contributed by atoms with Crippen molar-refractivity contribution in [3.63, 3.8) is 0 Å². The summed E-state index contributed by atoms with van der Waals surface area (Å²) in [5.41, 5.74) is 0.629. The molecule has 1 aromatic rings. The molecule has 22 heavy (non-hydrogen) atoms. The van der Waals surface area contributed by atoms with Crippen LogP contribution >= 0.6 is 0 Å². The molecule has 1 aliphatic rings. The van der Waals surface area contributed by atoms with E-state index in [1.165, 1.54) is 12.1 Å². The van der Waals surface area contributed by atoms with Gasteiger partial charge in [0, 0.05) is 19.1 Å². The van der Waals surface area contributed by atoms with Gasteiger partial charge in [-0.3, -0.25) is 0 Å². The molecule has 0 saturated carbocycles. The van der Waals surface area contributed by atoms with Crippen molar-refractivity contribution in [3.8, 4) is 0 Å². The maximum absolute atomic E-state index is 12.2. The van der Waals surface area contributed by atoms with Gasteiger partial charge in [-0.25, -0.2) is 17.9 Å². The fourth-order valence-electron chi connectivity index (χ4n) is 2.64. The zero-order valence-corrected chi connectivity index (χ0v) is 13.7. The minimum absolute atomic E-state index is 0.0145. The van der Waals surface area contributed by atoms with Crippen LogP contribution in [0.4, 0.5) is 5.69 Å². The smallest absolute Gasteiger partial charge is 0.337 e. The normalized spacial score (nSPS) is 16.0. The van der Waals surface area contributed by atoms with Gasteiger partial charge in [0.05, 0.1) is 16.1 Å². The lowest BCUT2D eigenvalue weighted by Gasteiger charge is -2.30. The second-order valence-corrected chi connectivity index (χ2v) is 7.52. The third-order valence-electron chi connectivity index (χ3n) is 3.60. The third kappa shape index (κ3) is 3.78. The maximum atomic E-state index is 12.2. The largest absolute Gasteiger partial charge is 0.478 e. The summed E-state index contributed by atoms with van der Waals surface area (Å²) in [6.45, 7) is 5.04. The van der Waals surface area contributed by atoms with E-state index in [1.807, 2.05) is 4.90 Å². The Morgan fingerprint density at radius 1 is 1.23 bits per heavy atom. The average Bonchev–Trinajstić information content (AvgIpc) is 2.46. The average molecular weight is 326 g/mol. The van der Waals surface area contributed by atoms with Gasteiger partial charge in [-0.05, 0) is 51.3 Å². The van der Waals surface area contributed by atoms with Crippen LogP contribution in [0.15, 0.2) is 23.1 Å². The summed E-state index contributed by atoms with van der Waals surface area (Å²) in [6.07, 6.45) is 3.19. The molecule has 6 nitrogen and oxygen atoms in total. The third-order valence-corrected chi connectivity index (χ3v) is 5.25. The highest BCUT2D eigenvalue weighted by Gasteiger charge is 2.22. The van der Waals surface area contributed by atoms with Crippen molar-refractivity contribution >= 4 is 21.7 Å². The van der Waals surface area contributed by atoms with Crippen LogP contribution in [0.3, 0.4) is 0 Å². The van der Waals surface area contributed by atoms with Crippen LogP contribution < -0.4 is 9.62 Å². The quantitative estimate of drug-likeness (QED) is 0.865. The molecule has 1 fully saturated rings. The van der Waals surface area contributed by atoms with Crippen LogP contribution in [-0.4, -0.2) is 38.6 Å². The Balaban J connectivity index is 2.41. The second-order valence-electron chi connectivity index (χ2n) is 5.81. The van der Waals surface area contributed by atoms with E-state index in [4.69, 9.17) is 0 Å². The molecule has 1 aliphatic heterocycles. The first-order valence-corrected chi connectivity index (χ1v) is 8.94. The Hall–Kier alpha value is -1.60. The predicted molar refractivity (Wildman–Crippen MR) is 84.9 cm³/mol. The molecule has 0 aliphatic carbocycles. The summed E-state index contributed by atoms with van der Waals surface area (Å²) in [5, 5.41) is 9.43. The van der Waals surface area contributed by atoms with Crippen LogP contribution in [0.1, 0.15) is 43.5 Å². The number of carboxylic acid groups (broad SMARTS) is 1. The fraction of sp³-hybridized carbons (Fsp3) is 0.533. The molecule has 2 rings (SSSR count). The van der Waals surface area contributed by atoms with E-state index in [-0.39, 0.29) is 16.5 Å². The lowest BCUT2D eigenvalue weighted by atomic mass is 10.1. The van der Waals surface area contributed by atoms with Crippen molar-refractivity contribution in [1.82, 2.24) is 4.72 Å². The maximum Gasteiger partial charge on any atom is 0.337 e. The van der Waals surface area contributed by atoms with Crippen molar-refractivity contribution in [2.24, 2.45) is 0 Å². The highest BCUT2D eigenvalue weighted by Crippen LogP contribution is 2.27. The molecule has 122 valence electrons. The lowest BCUT2D eigenvalue weighted by Crippen LogP contribution is -2.32. The van der Waals surface area contributed by atoms with Crippen LogP contribution in [0.5, 0.6) is 0 Å². The molecule has 0 bridgehead atoms. The number of anilines is 1. The van der Waals surface area contributed by atoms with Gasteiger partial charge < -0.3 is 10.0 Å². The zero-order chi connectivity index (χ0) is 16.3. The topological polar surface area (TPSA) is 86.7 Å². The van der Waals surface area contributed by atoms with Crippen molar-refractivity contribution in [1.29, 1.82) is 0 Å². The number of rotatable bonds is 5. The number of benzene rings is 1. The molecule has 0 unspecified atom stereocenters. The fourth-order valence-corrected chi connectivity index (χ4v) is 3.92. The van der Waals surface area contributed by atoms with Gasteiger partial charge in [0.25, 0.3) is 0 Å². The summed E-state index contributed by atoms with van der Waals surface area (Å²) >= 11 is 0. The molecule has 2 N–H and O–H groups in total. The highest BCUT2D eigenvalue weighted by atomic mass is 32.2. The number of hydrogen-bond acceptors (Lipinski definition) is 4. The van der Waals surface area contributed by atoms with Gasteiger partial charge in [-0.1, -0.05) is 0 Å². The first-order valence-electron chi connectivity index (χ1n) is 7.46. The second kappa shape index (κ2) is 6.66. The lowest BCUT2D eigenvalue weighted by molar-refractivity contribution is 0.0697. The monoisotopic (exact) mass is 326 g/mol. The molecule has 0 amide bonds. The van der Waals surface area contributed by atoms with Gasteiger partial charge in [0.2, 0.25) is 10.0 Å². The van der Waals surface area contributed by atoms with E-state index in [2.05, 4.69) is 4.72 Å². The molecule has 1 aromatic carbocycles. The van der Waals surface area contributed by atoms with E-state index in [9.17, 15) is 18.3 Å². The Labute approximate surface area is 131 Å². The minimum Gasteiger partial charge on any atom is -0.478 e. The number of carbonyl (C=O) groups is 1. The van der Waals surface area contributed by atoms with E-state index >= 15 is 0 Å². The van der Waals surface area contributed by atoms with Gasteiger partial charge >= 0.3 is 5.97 Å². The van der Waals surface area contributed by atoms with Gasteiger partial charge in [-0.2, -0.15) is 0 Å². The SMILES string of the molecule is CC(C)NS(=O)(=O)c1ccc(N2CCCCC2)c(C(=O)O)c1. The number of hydrogen-bond donors (Lipinski definition) is 2. The standard InChI is InChI=1S/C15H22N2O4S/c1-11(2)16-22(20,21)12-6-7-14(13(10-12)15(18)19)17-8-4-3-5-9-17/h6-7,10-11,16H,3-5,8-9H2,1-2H3,(H,18,19). The minimum atomic E-state index is -3.69. The predicted octanol–water partition coefficient (Wildman–Crippen LogP) is 2.06. The number of nitrogens with one attached hydrogen (secondary N) is 1. The van der Waals surface area contributed by atoms with Crippen LogP contribution in [-0.2, 0) is 10.0 Å². The number of piperidine rings is 1. The van der Waals surface area contributed by atoms with Crippen LogP contribution in [0, 0.1) is 0 Å². The first-order chi connectivity index (χ1) is 10.3.